The molecular formula is C15H18N2O3S. The molecule has 1 aromatic carbocycles. The van der Waals surface area contributed by atoms with Gasteiger partial charge in [-0.3, -0.25) is 4.79 Å². The van der Waals surface area contributed by atoms with Crippen molar-refractivity contribution in [2.24, 2.45) is 0 Å². The number of benzene rings is 1. The second-order valence-corrected chi connectivity index (χ2v) is 5.74. The standard InChI is InChI=1S/C15H18N2O3S/c1-10(14(9-18)21-2)16-15(19)12-8-13(20-17-12)11-6-4-3-5-7-11/h3-8,10,14,18H,9H2,1-2H3,(H,16,19). The van der Waals surface area contributed by atoms with E-state index in [0.717, 1.165) is 5.56 Å². The summed E-state index contributed by atoms with van der Waals surface area (Å²) in [4.78, 5) is 12.1. The lowest BCUT2D eigenvalue weighted by Crippen LogP contribution is -2.41. The summed E-state index contributed by atoms with van der Waals surface area (Å²) < 4.78 is 5.20. The van der Waals surface area contributed by atoms with E-state index in [0.29, 0.717) is 5.76 Å². The van der Waals surface area contributed by atoms with E-state index in [2.05, 4.69) is 10.5 Å². The average Bonchev–Trinajstić information content (AvgIpc) is 2.99. The third-order valence-electron chi connectivity index (χ3n) is 3.20. The molecule has 1 aromatic heterocycles. The molecule has 2 unspecified atom stereocenters. The highest BCUT2D eigenvalue weighted by atomic mass is 32.2. The third-order valence-corrected chi connectivity index (χ3v) is 4.36. The first kappa shape index (κ1) is 15.6. The minimum Gasteiger partial charge on any atom is -0.395 e. The molecule has 0 spiro atoms. The third kappa shape index (κ3) is 3.86. The summed E-state index contributed by atoms with van der Waals surface area (Å²) in [7, 11) is 0. The van der Waals surface area contributed by atoms with Crippen LogP contribution in [0.3, 0.4) is 0 Å². The number of thioether (sulfide) groups is 1. The Kier molecular flexibility index (Phi) is 5.41. The Morgan fingerprint density at radius 3 is 2.76 bits per heavy atom. The molecular weight excluding hydrogens is 288 g/mol. The first-order chi connectivity index (χ1) is 10.2. The molecule has 0 fully saturated rings. The number of aliphatic hydroxyl groups is 1. The Labute approximate surface area is 127 Å². The van der Waals surface area contributed by atoms with Crippen LogP contribution < -0.4 is 5.32 Å². The number of carbonyl (C=O) groups is 1. The number of hydrogen-bond donors (Lipinski definition) is 2. The summed E-state index contributed by atoms with van der Waals surface area (Å²) in [6.07, 6.45) is 1.90. The quantitative estimate of drug-likeness (QED) is 0.855. The van der Waals surface area contributed by atoms with Crippen molar-refractivity contribution in [3.63, 3.8) is 0 Å². The molecule has 5 nitrogen and oxygen atoms in total. The van der Waals surface area contributed by atoms with Crippen LogP contribution in [-0.2, 0) is 0 Å². The van der Waals surface area contributed by atoms with Crippen LogP contribution in [0.4, 0.5) is 0 Å². The van der Waals surface area contributed by atoms with Crippen molar-refractivity contribution in [1.29, 1.82) is 0 Å². The number of rotatable bonds is 6. The SMILES string of the molecule is CSC(CO)C(C)NC(=O)c1cc(-c2ccccc2)on1. The van der Waals surface area contributed by atoms with E-state index in [1.54, 1.807) is 6.07 Å². The van der Waals surface area contributed by atoms with E-state index >= 15 is 0 Å². The predicted octanol–water partition coefficient (Wildman–Crippen LogP) is 2.18. The second kappa shape index (κ2) is 7.28. The Morgan fingerprint density at radius 2 is 2.14 bits per heavy atom. The lowest BCUT2D eigenvalue weighted by atomic mass is 10.1. The zero-order valence-electron chi connectivity index (χ0n) is 11.9. The van der Waals surface area contributed by atoms with Crippen LogP contribution in [0.1, 0.15) is 17.4 Å². The molecule has 0 aliphatic rings. The van der Waals surface area contributed by atoms with Gasteiger partial charge in [-0.15, -0.1) is 0 Å². The van der Waals surface area contributed by atoms with Crippen LogP contribution in [0, 0.1) is 0 Å². The highest BCUT2D eigenvalue weighted by Crippen LogP contribution is 2.20. The number of nitrogens with one attached hydrogen (secondary N) is 1. The Morgan fingerprint density at radius 1 is 1.43 bits per heavy atom. The molecule has 2 atom stereocenters. The normalized spacial score (nSPS) is 13.7. The molecule has 0 radical (unpaired) electrons. The van der Waals surface area contributed by atoms with Gasteiger partial charge in [-0.2, -0.15) is 11.8 Å². The minimum atomic E-state index is -0.305. The Bertz CT molecular complexity index is 582. The predicted molar refractivity (Wildman–Crippen MR) is 83.3 cm³/mol. The number of aromatic nitrogens is 1. The summed E-state index contributed by atoms with van der Waals surface area (Å²) in [5, 5.41) is 15.8. The van der Waals surface area contributed by atoms with Crippen LogP contribution in [0.15, 0.2) is 40.9 Å². The fourth-order valence-electron chi connectivity index (χ4n) is 1.93. The van der Waals surface area contributed by atoms with Crippen molar-refractivity contribution in [2.75, 3.05) is 12.9 Å². The molecule has 0 aliphatic carbocycles. The Balaban J connectivity index is 2.06. The van der Waals surface area contributed by atoms with Crippen LogP contribution in [-0.4, -0.2) is 40.3 Å². The monoisotopic (exact) mass is 306 g/mol. The smallest absolute Gasteiger partial charge is 0.273 e. The van der Waals surface area contributed by atoms with Gasteiger partial charge in [0.25, 0.3) is 5.91 Å². The fraction of sp³-hybridized carbons (Fsp3) is 0.333. The summed E-state index contributed by atoms with van der Waals surface area (Å²) >= 11 is 1.51. The number of hydrogen-bond acceptors (Lipinski definition) is 5. The largest absolute Gasteiger partial charge is 0.395 e. The van der Waals surface area contributed by atoms with Crippen molar-refractivity contribution in [3.05, 3.63) is 42.1 Å². The first-order valence-electron chi connectivity index (χ1n) is 6.62. The van der Waals surface area contributed by atoms with Crippen molar-refractivity contribution in [2.45, 2.75) is 18.2 Å². The van der Waals surface area contributed by atoms with Gasteiger partial charge in [0.15, 0.2) is 11.5 Å². The number of carbonyl (C=O) groups excluding carboxylic acids is 1. The maximum atomic E-state index is 12.1. The van der Waals surface area contributed by atoms with E-state index in [1.165, 1.54) is 11.8 Å². The molecule has 1 heterocycles. The van der Waals surface area contributed by atoms with E-state index in [1.807, 2.05) is 43.5 Å². The lowest BCUT2D eigenvalue weighted by Gasteiger charge is -2.20. The molecule has 21 heavy (non-hydrogen) atoms. The maximum Gasteiger partial charge on any atom is 0.273 e. The molecule has 0 bridgehead atoms. The van der Waals surface area contributed by atoms with Gasteiger partial charge in [0.05, 0.1) is 6.61 Å². The minimum absolute atomic E-state index is 0.0106. The highest BCUT2D eigenvalue weighted by Gasteiger charge is 2.20. The molecule has 6 heteroatoms. The molecule has 0 aliphatic heterocycles. The lowest BCUT2D eigenvalue weighted by molar-refractivity contribution is 0.0927. The molecule has 2 N–H and O–H groups in total. The second-order valence-electron chi connectivity index (χ2n) is 4.66. The van der Waals surface area contributed by atoms with Gasteiger partial charge in [0, 0.05) is 22.9 Å². The number of nitrogens with zero attached hydrogens (tertiary/aromatic N) is 1. The van der Waals surface area contributed by atoms with Crippen LogP contribution in [0.25, 0.3) is 11.3 Å². The van der Waals surface area contributed by atoms with Gasteiger partial charge < -0.3 is 14.9 Å². The zero-order valence-corrected chi connectivity index (χ0v) is 12.8. The van der Waals surface area contributed by atoms with Gasteiger partial charge in [0.1, 0.15) is 0 Å². The van der Waals surface area contributed by atoms with Gasteiger partial charge in [0.2, 0.25) is 0 Å². The molecule has 1 amide bonds. The van der Waals surface area contributed by atoms with Crippen LogP contribution >= 0.6 is 11.8 Å². The van der Waals surface area contributed by atoms with E-state index in [-0.39, 0.29) is 29.5 Å². The first-order valence-corrected chi connectivity index (χ1v) is 7.91. The van der Waals surface area contributed by atoms with E-state index in [4.69, 9.17) is 4.52 Å². The van der Waals surface area contributed by atoms with E-state index in [9.17, 15) is 9.90 Å². The molecule has 0 saturated carbocycles. The van der Waals surface area contributed by atoms with Crippen molar-refractivity contribution < 1.29 is 14.4 Å². The average molecular weight is 306 g/mol. The van der Waals surface area contributed by atoms with Crippen LogP contribution in [0.5, 0.6) is 0 Å². The molecule has 2 rings (SSSR count). The van der Waals surface area contributed by atoms with Gasteiger partial charge >= 0.3 is 0 Å². The maximum absolute atomic E-state index is 12.1. The fourth-order valence-corrected chi connectivity index (χ4v) is 2.56. The zero-order chi connectivity index (χ0) is 15.2. The number of aliphatic hydroxyl groups excluding tert-OH is 1. The molecule has 2 aromatic rings. The molecule has 112 valence electrons. The van der Waals surface area contributed by atoms with Crippen molar-refractivity contribution in [1.82, 2.24) is 10.5 Å². The summed E-state index contributed by atoms with van der Waals surface area (Å²) in [6.45, 7) is 1.87. The van der Waals surface area contributed by atoms with E-state index < -0.39 is 0 Å². The summed E-state index contributed by atoms with van der Waals surface area (Å²) in [5.74, 6) is 0.248. The van der Waals surface area contributed by atoms with Gasteiger partial charge in [-0.05, 0) is 13.2 Å². The molecule has 0 saturated heterocycles. The van der Waals surface area contributed by atoms with Gasteiger partial charge in [-0.1, -0.05) is 35.5 Å². The summed E-state index contributed by atoms with van der Waals surface area (Å²) in [5.41, 5.74) is 1.10. The Hall–Kier alpha value is -1.79. The number of amides is 1. The van der Waals surface area contributed by atoms with Crippen molar-refractivity contribution in [3.8, 4) is 11.3 Å². The highest BCUT2D eigenvalue weighted by molar-refractivity contribution is 7.99. The van der Waals surface area contributed by atoms with Gasteiger partial charge in [-0.25, -0.2) is 0 Å². The van der Waals surface area contributed by atoms with Crippen LogP contribution in [0.2, 0.25) is 0 Å². The summed E-state index contributed by atoms with van der Waals surface area (Å²) in [6, 6.07) is 10.9. The topological polar surface area (TPSA) is 75.4 Å². The van der Waals surface area contributed by atoms with Crippen molar-refractivity contribution >= 4 is 17.7 Å².